The summed E-state index contributed by atoms with van der Waals surface area (Å²) in [6.45, 7) is 27.0. The lowest BCUT2D eigenvalue weighted by atomic mass is 9.97. The molecule has 1 N–H and O–H groups in total. The van der Waals surface area contributed by atoms with E-state index in [9.17, 15) is 4.79 Å². The Morgan fingerprint density at radius 1 is 0.762 bits per heavy atom. The van der Waals surface area contributed by atoms with Crippen molar-refractivity contribution >= 4 is 14.3 Å². The van der Waals surface area contributed by atoms with Crippen molar-refractivity contribution in [2.75, 3.05) is 0 Å². The average molecular weight is 603 g/mol. The Morgan fingerprint density at radius 3 is 1.69 bits per heavy atom. The van der Waals surface area contributed by atoms with Gasteiger partial charge in [-0.05, 0) is 41.7 Å². The minimum atomic E-state index is -1.78. The molecule has 4 rings (SSSR count). The van der Waals surface area contributed by atoms with E-state index >= 15 is 0 Å². The van der Waals surface area contributed by atoms with Crippen LogP contribution in [0.5, 0.6) is 0 Å². The van der Waals surface area contributed by atoms with Crippen molar-refractivity contribution in [3.8, 4) is 0 Å². The summed E-state index contributed by atoms with van der Waals surface area (Å²) in [7, 11) is -1.78. The molecular formula is C34H54O7Si. The highest BCUT2D eigenvalue weighted by molar-refractivity contribution is 6.77. The third-order valence-electron chi connectivity index (χ3n) is 8.29. The van der Waals surface area contributed by atoms with Crippen LogP contribution in [-0.4, -0.2) is 25.5 Å². The minimum Gasteiger partial charge on any atom is -0.469 e. The van der Waals surface area contributed by atoms with Gasteiger partial charge in [0.15, 0.2) is 0 Å². The predicted octanol–water partition coefficient (Wildman–Crippen LogP) is 9.93. The molecule has 0 saturated heterocycles. The highest BCUT2D eigenvalue weighted by atomic mass is 28.4. The molecule has 2 atom stereocenters. The fourth-order valence-corrected chi connectivity index (χ4v) is 11.5. The van der Waals surface area contributed by atoms with Gasteiger partial charge in [0.1, 0.15) is 28.9 Å². The van der Waals surface area contributed by atoms with Crippen LogP contribution < -0.4 is 0 Å². The molecule has 0 aliphatic carbocycles. The largest absolute Gasteiger partial charge is 0.469 e. The number of aliphatic hydroxyl groups is 1. The van der Waals surface area contributed by atoms with Gasteiger partial charge in [0.05, 0.1) is 37.9 Å². The third-order valence-corrected chi connectivity index (χ3v) is 14.3. The van der Waals surface area contributed by atoms with E-state index in [0.29, 0.717) is 40.6 Å². The quantitative estimate of drug-likeness (QED) is 0.192. The maximum atomic E-state index is 11.2. The molecule has 7 nitrogen and oxygen atoms in total. The molecule has 236 valence electrons. The first-order valence-corrected chi connectivity index (χ1v) is 17.5. The number of hydrogen-bond donors (Lipinski definition) is 1. The summed E-state index contributed by atoms with van der Waals surface area (Å²) < 4.78 is 27.7. The van der Waals surface area contributed by atoms with E-state index in [0.717, 1.165) is 22.8 Å². The number of ether oxygens (including phenoxy) is 1. The second-order valence-corrected chi connectivity index (χ2v) is 18.3. The number of furan rings is 3. The van der Waals surface area contributed by atoms with E-state index in [4.69, 9.17) is 27.5 Å². The Balaban J connectivity index is 0.000000237. The number of fused-ring (bicyclic) bond motifs is 1. The fourth-order valence-electron chi connectivity index (χ4n) is 6.05. The normalized spacial score (nSPS) is 16.9. The van der Waals surface area contributed by atoms with Gasteiger partial charge in [0.25, 0.3) is 0 Å². The van der Waals surface area contributed by atoms with Gasteiger partial charge in [0, 0.05) is 23.0 Å². The van der Waals surface area contributed by atoms with Crippen LogP contribution in [0.2, 0.25) is 16.6 Å². The van der Waals surface area contributed by atoms with E-state index in [2.05, 4.69) is 61.5 Å². The molecule has 2 unspecified atom stereocenters. The van der Waals surface area contributed by atoms with Gasteiger partial charge in [-0.25, -0.2) is 4.79 Å². The lowest BCUT2D eigenvalue weighted by Crippen LogP contribution is -2.47. The summed E-state index contributed by atoms with van der Waals surface area (Å²) >= 11 is 0. The zero-order valence-corrected chi connectivity index (χ0v) is 28.8. The van der Waals surface area contributed by atoms with Gasteiger partial charge in [-0.1, -0.05) is 76.2 Å². The molecule has 0 saturated carbocycles. The zero-order valence-electron chi connectivity index (χ0n) is 27.8. The summed E-state index contributed by atoms with van der Waals surface area (Å²) in [6.07, 6.45) is 4.84. The Morgan fingerprint density at radius 2 is 1.24 bits per heavy atom. The van der Waals surface area contributed by atoms with E-state index in [1.54, 1.807) is 24.7 Å². The van der Waals surface area contributed by atoms with Crippen LogP contribution in [0.15, 0.2) is 50.2 Å². The van der Waals surface area contributed by atoms with E-state index in [1.807, 2.05) is 27.7 Å². The monoisotopic (exact) mass is 602 g/mol. The second-order valence-electron chi connectivity index (χ2n) is 12.8. The Labute approximate surface area is 254 Å². The van der Waals surface area contributed by atoms with Crippen LogP contribution in [0.1, 0.15) is 140 Å². The molecule has 0 fully saturated rings. The number of esters is 1. The molecule has 1 aliphatic rings. The van der Waals surface area contributed by atoms with E-state index in [1.165, 1.54) is 11.8 Å². The first-order chi connectivity index (χ1) is 19.7. The summed E-state index contributed by atoms with van der Waals surface area (Å²) in [6, 6.07) is 5.52. The molecule has 1 aliphatic heterocycles. The molecule has 0 radical (unpaired) electrons. The Kier molecular flexibility index (Phi) is 13.4. The van der Waals surface area contributed by atoms with Gasteiger partial charge in [0.2, 0.25) is 8.32 Å². The number of carbonyl (C=O) groups is 1. The van der Waals surface area contributed by atoms with Crippen molar-refractivity contribution in [2.45, 2.75) is 137 Å². The van der Waals surface area contributed by atoms with Crippen LogP contribution in [0, 0.1) is 0 Å². The van der Waals surface area contributed by atoms with Crippen LogP contribution in [0.3, 0.4) is 0 Å². The van der Waals surface area contributed by atoms with Gasteiger partial charge < -0.3 is 27.5 Å². The van der Waals surface area contributed by atoms with Gasteiger partial charge in [-0.15, -0.1) is 0 Å². The maximum Gasteiger partial charge on any atom is 0.342 e. The number of cyclic esters (lactones) is 1. The second kappa shape index (κ2) is 15.8. The molecule has 3 aromatic heterocycles. The van der Waals surface area contributed by atoms with Gasteiger partial charge in [-0.3, -0.25) is 0 Å². The topological polar surface area (TPSA) is 95.2 Å². The van der Waals surface area contributed by atoms with Crippen molar-refractivity contribution < 1.29 is 32.3 Å². The van der Waals surface area contributed by atoms with E-state index in [-0.39, 0.29) is 24.6 Å². The van der Waals surface area contributed by atoms with Crippen LogP contribution >= 0.6 is 0 Å². The van der Waals surface area contributed by atoms with Crippen molar-refractivity contribution in [1.29, 1.82) is 0 Å². The summed E-state index contributed by atoms with van der Waals surface area (Å²) in [5, 5.41) is 8.80. The minimum absolute atomic E-state index is 0.0734. The molecule has 8 heteroatoms. The Bertz CT molecular complexity index is 1190. The van der Waals surface area contributed by atoms with Crippen molar-refractivity contribution in [3.63, 3.8) is 0 Å². The molecule has 42 heavy (non-hydrogen) atoms. The molecule has 0 bridgehead atoms. The van der Waals surface area contributed by atoms with Crippen molar-refractivity contribution in [1.82, 2.24) is 0 Å². The number of carbonyl (C=O) groups excluding carboxylic acids is 1. The number of aliphatic hydroxyl groups excluding tert-OH is 1. The fraction of sp³-hybridized carbons (Fsp3) is 0.618. The molecule has 0 amide bonds. The first-order valence-electron chi connectivity index (χ1n) is 15.3. The standard InChI is InChI=1S/C17H32O2Si.C9H10O3.C8H12O2/c1-12(2)17-16(9-10-18-17)11-19-20(13(3)4,14(5)6)15(7)8;1-5-6(2)12-9(10)7-3-4-11-8(5)7;1-6(2)8-7(5-9)3-4-10-8/h9-10,12-15H,11H2,1-8H3;3-6H,1-2H3;3-4,6,9H,5H2,1-2H3. The van der Waals surface area contributed by atoms with Gasteiger partial charge >= 0.3 is 5.97 Å². The molecule has 3 aromatic rings. The summed E-state index contributed by atoms with van der Waals surface area (Å²) in [5.41, 5.74) is 4.56. The van der Waals surface area contributed by atoms with Crippen LogP contribution in [-0.2, 0) is 22.4 Å². The summed E-state index contributed by atoms with van der Waals surface area (Å²) in [5.74, 6) is 3.37. The molecular weight excluding hydrogens is 548 g/mol. The van der Waals surface area contributed by atoms with Gasteiger partial charge in [-0.2, -0.15) is 0 Å². The highest BCUT2D eigenvalue weighted by Crippen LogP contribution is 2.43. The van der Waals surface area contributed by atoms with Crippen molar-refractivity contribution in [2.24, 2.45) is 0 Å². The Hall–Kier alpha value is -2.55. The van der Waals surface area contributed by atoms with Crippen molar-refractivity contribution in [3.05, 3.63) is 71.0 Å². The third kappa shape index (κ3) is 8.29. The lowest BCUT2D eigenvalue weighted by molar-refractivity contribution is 0.0215. The maximum absolute atomic E-state index is 11.2. The predicted molar refractivity (Wildman–Crippen MR) is 169 cm³/mol. The van der Waals surface area contributed by atoms with E-state index < -0.39 is 8.32 Å². The van der Waals surface area contributed by atoms with Crippen LogP contribution in [0.4, 0.5) is 0 Å². The van der Waals surface area contributed by atoms with Crippen LogP contribution in [0.25, 0.3) is 0 Å². The number of hydrogen-bond acceptors (Lipinski definition) is 7. The first kappa shape index (κ1) is 35.6. The zero-order chi connectivity index (χ0) is 31.8. The number of rotatable bonds is 9. The molecule has 0 spiro atoms. The SMILES string of the molecule is CC(C)c1occc1CO.CC(C)c1occc1CO[Si](C(C)C)(C(C)C)C(C)C.CC1OC(=O)c2ccoc2C1C. The molecule has 4 heterocycles. The lowest BCUT2D eigenvalue weighted by Gasteiger charge is -2.42. The highest BCUT2D eigenvalue weighted by Gasteiger charge is 2.45. The smallest absolute Gasteiger partial charge is 0.342 e. The molecule has 0 aromatic carbocycles. The summed E-state index contributed by atoms with van der Waals surface area (Å²) in [4.78, 5) is 11.2. The average Bonchev–Trinajstić information content (AvgIpc) is 3.68.